The topological polar surface area (TPSA) is 68.2 Å². The summed E-state index contributed by atoms with van der Waals surface area (Å²) in [7, 11) is -6.32. The molecule has 0 bridgehead atoms. The van der Waals surface area contributed by atoms with Gasteiger partial charge in [0, 0.05) is 36.1 Å². The van der Waals surface area contributed by atoms with E-state index < -0.39 is 77.1 Å². The summed E-state index contributed by atoms with van der Waals surface area (Å²) in [5.41, 5.74) is -1.39. The molecule has 6 nitrogen and oxygen atoms in total. The second kappa shape index (κ2) is 10.5. The predicted octanol–water partition coefficient (Wildman–Crippen LogP) is 6.20. The van der Waals surface area contributed by atoms with Gasteiger partial charge in [-0.1, -0.05) is 67.9 Å². The third-order valence-electron chi connectivity index (χ3n) is 8.61. The molecule has 236 valence electrons. The van der Waals surface area contributed by atoms with Crippen LogP contribution in [0.1, 0.15) is 49.3 Å². The summed E-state index contributed by atoms with van der Waals surface area (Å²) in [4.78, 5) is 4.60. The standard InChI is InChI=1S/C28H28F8N2O4S/c1-23-12-7-13-24(23,37-22(19-8-3-2-4-9-19)20-10-5-6-11-21(20)23)18-25(29,30)26(31,32)42-27(33,34)28(35,36)43(39,40)38-14-16-41-17-15-38/h2-6,8-11H,7,12-18H2,1H3. The second-order valence-corrected chi connectivity index (χ2v) is 13.1. The van der Waals surface area contributed by atoms with Crippen molar-refractivity contribution in [3.63, 3.8) is 0 Å². The van der Waals surface area contributed by atoms with Gasteiger partial charge in [-0.2, -0.15) is 39.4 Å². The molecule has 0 N–H and O–H groups in total. The number of halogens is 8. The summed E-state index contributed by atoms with van der Waals surface area (Å²) in [5, 5.41) is -6.31. The molecule has 2 fully saturated rings. The van der Waals surface area contributed by atoms with Crippen molar-refractivity contribution in [2.45, 2.75) is 67.0 Å². The SMILES string of the molecule is CC12CCCC1(CC(F)(F)C(F)(F)OC(F)(F)C(F)(F)S(=O)(=O)N1CCOCC1)N=C(c1ccccc1)c1ccccc12. The van der Waals surface area contributed by atoms with Gasteiger partial charge < -0.3 is 4.74 Å². The highest BCUT2D eigenvalue weighted by molar-refractivity contribution is 7.90. The lowest BCUT2D eigenvalue weighted by atomic mass is 9.62. The van der Waals surface area contributed by atoms with Gasteiger partial charge in [0.15, 0.2) is 0 Å². The predicted molar refractivity (Wildman–Crippen MR) is 139 cm³/mol. The number of aliphatic imine (C=N–C) groups is 1. The zero-order valence-electron chi connectivity index (χ0n) is 22.8. The van der Waals surface area contributed by atoms with Crippen LogP contribution in [0.5, 0.6) is 0 Å². The van der Waals surface area contributed by atoms with Crippen molar-refractivity contribution in [2.75, 3.05) is 26.3 Å². The summed E-state index contributed by atoms with van der Waals surface area (Å²) in [5.74, 6) is -5.49. The summed E-state index contributed by atoms with van der Waals surface area (Å²) < 4.78 is 152. The smallest absolute Gasteiger partial charge is 0.379 e. The number of hydrogen-bond acceptors (Lipinski definition) is 5. The molecule has 5 rings (SSSR count). The maximum atomic E-state index is 15.6. The largest absolute Gasteiger partial charge is 0.448 e. The van der Waals surface area contributed by atoms with Gasteiger partial charge in [-0.3, -0.25) is 4.99 Å². The number of morpholine rings is 1. The van der Waals surface area contributed by atoms with Crippen LogP contribution in [0.15, 0.2) is 59.6 Å². The Labute approximate surface area is 242 Å². The van der Waals surface area contributed by atoms with Crippen LogP contribution in [0.4, 0.5) is 35.1 Å². The minimum absolute atomic E-state index is 0.0910. The third kappa shape index (κ3) is 4.95. The van der Waals surface area contributed by atoms with Crippen LogP contribution < -0.4 is 0 Å². The average molecular weight is 641 g/mol. The molecule has 2 atom stereocenters. The first-order valence-electron chi connectivity index (χ1n) is 13.4. The quantitative estimate of drug-likeness (QED) is 0.306. The number of rotatable bonds is 9. The Morgan fingerprint density at radius 3 is 2.14 bits per heavy atom. The molecule has 1 aliphatic carbocycles. The van der Waals surface area contributed by atoms with Crippen LogP contribution in [0, 0.1) is 0 Å². The molecule has 43 heavy (non-hydrogen) atoms. The van der Waals surface area contributed by atoms with Gasteiger partial charge in [-0.15, -0.1) is 0 Å². The number of hydrogen-bond donors (Lipinski definition) is 0. The van der Waals surface area contributed by atoms with E-state index in [0.717, 1.165) is 0 Å². The molecule has 0 spiro atoms. The zero-order chi connectivity index (χ0) is 31.5. The molecule has 2 aliphatic heterocycles. The molecule has 2 aromatic carbocycles. The Morgan fingerprint density at radius 2 is 1.49 bits per heavy atom. The third-order valence-corrected chi connectivity index (χ3v) is 10.5. The van der Waals surface area contributed by atoms with Crippen LogP contribution >= 0.6 is 0 Å². The Kier molecular flexibility index (Phi) is 7.75. The van der Waals surface area contributed by atoms with Crippen LogP contribution in [-0.4, -0.2) is 73.7 Å². The molecule has 0 radical (unpaired) electrons. The molecule has 2 aromatic rings. The average Bonchev–Trinajstić information content (AvgIpc) is 3.28. The lowest BCUT2D eigenvalue weighted by molar-refractivity contribution is -0.457. The molecule has 0 aromatic heterocycles. The van der Waals surface area contributed by atoms with Gasteiger partial charge in [0.1, 0.15) is 0 Å². The molecule has 1 saturated heterocycles. The number of alkyl halides is 8. The van der Waals surface area contributed by atoms with E-state index in [4.69, 9.17) is 4.74 Å². The maximum absolute atomic E-state index is 15.6. The van der Waals surface area contributed by atoms with E-state index in [-0.39, 0.29) is 29.3 Å². The van der Waals surface area contributed by atoms with E-state index in [0.29, 0.717) is 16.7 Å². The molecule has 0 amide bonds. The van der Waals surface area contributed by atoms with Crippen molar-refractivity contribution >= 4 is 15.7 Å². The Balaban J connectivity index is 1.51. The van der Waals surface area contributed by atoms with Crippen LogP contribution in [0.3, 0.4) is 0 Å². The van der Waals surface area contributed by atoms with Crippen molar-refractivity contribution in [2.24, 2.45) is 4.99 Å². The monoisotopic (exact) mass is 640 g/mol. The van der Waals surface area contributed by atoms with E-state index >= 15 is 17.6 Å². The molecule has 2 unspecified atom stereocenters. The highest BCUT2D eigenvalue weighted by Gasteiger charge is 2.76. The zero-order valence-corrected chi connectivity index (χ0v) is 23.6. The van der Waals surface area contributed by atoms with Crippen LogP contribution in [-0.2, 0) is 24.9 Å². The lowest BCUT2D eigenvalue weighted by Gasteiger charge is -2.48. The fourth-order valence-electron chi connectivity index (χ4n) is 6.26. The van der Waals surface area contributed by atoms with Gasteiger partial charge in [-0.05, 0) is 18.4 Å². The summed E-state index contributed by atoms with van der Waals surface area (Å²) in [6, 6.07) is 15.0. The first-order valence-corrected chi connectivity index (χ1v) is 14.9. The normalized spacial score (nSPS) is 25.7. The highest BCUT2D eigenvalue weighted by Crippen LogP contribution is 2.60. The first-order chi connectivity index (χ1) is 19.9. The van der Waals surface area contributed by atoms with E-state index in [1.807, 2.05) is 0 Å². The summed E-state index contributed by atoms with van der Waals surface area (Å²) in [6.45, 7) is -0.830. The molecular weight excluding hydrogens is 612 g/mol. The Hall–Kier alpha value is -2.62. The molecule has 15 heteroatoms. The van der Waals surface area contributed by atoms with Gasteiger partial charge >= 0.3 is 23.4 Å². The van der Waals surface area contributed by atoms with Crippen molar-refractivity contribution < 1.29 is 53.0 Å². The number of benzene rings is 2. The minimum Gasteiger partial charge on any atom is -0.379 e. The lowest BCUT2D eigenvalue weighted by Crippen LogP contribution is -2.61. The number of sulfonamides is 1. The molecule has 2 heterocycles. The van der Waals surface area contributed by atoms with E-state index in [9.17, 15) is 26.0 Å². The van der Waals surface area contributed by atoms with Crippen LogP contribution in [0.2, 0.25) is 0 Å². The fraction of sp³-hybridized carbons (Fsp3) is 0.536. The second-order valence-electron chi connectivity index (χ2n) is 11.1. The summed E-state index contributed by atoms with van der Waals surface area (Å²) in [6.07, 6.45) is -14.2. The fourth-order valence-corrected chi connectivity index (χ4v) is 7.55. The number of fused-ring (bicyclic) bond motifs is 3. The van der Waals surface area contributed by atoms with Gasteiger partial charge in [-0.25, -0.2) is 13.2 Å². The van der Waals surface area contributed by atoms with Crippen molar-refractivity contribution in [3.05, 3.63) is 71.3 Å². The van der Waals surface area contributed by atoms with E-state index in [1.54, 1.807) is 61.5 Å². The van der Waals surface area contributed by atoms with E-state index in [1.165, 1.54) is 0 Å². The van der Waals surface area contributed by atoms with Crippen molar-refractivity contribution in [1.29, 1.82) is 0 Å². The van der Waals surface area contributed by atoms with Crippen molar-refractivity contribution in [1.82, 2.24) is 4.31 Å². The Bertz CT molecular complexity index is 1500. The minimum atomic E-state index is -6.54. The molecule has 1 saturated carbocycles. The highest BCUT2D eigenvalue weighted by atomic mass is 32.2. The number of nitrogens with zero attached hydrogens (tertiary/aromatic N) is 2. The van der Waals surface area contributed by atoms with E-state index in [2.05, 4.69) is 9.73 Å². The molecule has 3 aliphatic rings. The van der Waals surface area contributed by atoms with Crippen molar-refractivity contribution in [3.8, 4) is 0 Å². The number of ether oxygens (including phenoxy) is 2. The van der Waals surface area contributed by atoms with Gasteiger partial charge in [0.05, 0.1) is 24.5 Å². The first kappa shape index (κ1) is 31.8. The maximum Gasteiger partial charge on any atom is 0.448 e. The van der Waals surface area contributed by atoms with Gasteiger partial charge in [0.2, 0.25) is 0 Å². The van der Waals surface area contributed by atoms with Crippen LogP contribution in [0.25, 0.3) is 0 Å². The summed E-state index contributed by atoms with van der Waals surface area (Å²) >= 11 is 0. The molecular formula is C28H28F8N2O4S. The Morgan fingerprint density at radius 1 is 0.884 bits per heavy atom. The van der Waals surface area contributed by atoms with Gasteiger partial charge in [0.25, 0.3) is 10.0 Å².